The second-order valence-electron chi connectivity index (χ2n) is 7.56. The average Bonchev–Trinajstić information content (AvgIpc) is 3.15. The van der Waals surface area contributed by atoms with Crippen LogP contribution in [0.2, 0.25) is 10.0 Å². The maximum atomic E-state index is 13.0. The number of nitrogens with zero attached hydrogens (tertiary/aromatic N) is 2. The Morgan fingerprint density at radius 3 is 2.62 bits per heavy atom. The number of nitriles is 1. The van der Waals surface area contributed by atoms with Crippen molar-refractivity contribution in [2.45, 2.75) is 6.61 Å². The van der Waals surface area contributed by atoms with E-state index in [1.807, 2.05) is 6.07 Å². The van der Waals surface area contributed by atoms with E-state index in [0.29, 0.717) is 38.8 Å². The zero-order chi connectivity index (χ0) is 26.5. The molecule has 1 heterocycles. The fraction of sp³-hybridized carbons (Fsp3) is 0.0769. The molecule has 186 valence electrons. The molecule has 0 unspecified atom stereocenters. The van der Waals surface area contributed by atoms with Crippen molar-refractivity contribution in [2.24, 2.45) is 0 Å². The van der Waals surface area contributed by atoms with E-state index >= 15 is 0 Å². The van der Waals surface area contributed by atoms with Gasteiger partial charge < -0.3 is 9.47 Å². The minimum absolute atomic E-state index is 0.116. The largest absolute Gasteiger partial charge is 0.493 e. The number of methoxy groups -OCH3 is 1. The smallest absolute Gasteiger partial charge is 0.285 e. The summed E-state index contributed by atoms with van der Waals surface area (Å²) in [4.78, 5) is 25.8. The first-order chi connectivity index (χ1) is 17.8. The molecule has 4 rings (SSSR count). The number of hydrogen-bond acceptors (Lipinski definition) is 7. The highest BCUT2D eigenvalue weighted by Crippen LogP contribution is 2.39. The molecule has 7 nitrogen and oxygen atoms in total. The Morgan fingerprint density at radius 1 is 1.19 bits per heavy atom. The third kappa shape index (κ3) is 6.06. The Hall–Kier alpha value is -3.55. The number of thioether (sulfide) groups is 1. The van der Waals surface area contributed by atoms with Crippen molar-refractivity contribution in [3.63, 3.8) is 0 Å². The predicted molar refractivity (Wildman–Crippen MR) is 147 cm³/mol. The molecule has 0 radical (unpaired) electrons. The standard InChI is InChI=1S/C26H17Cl2N3O4S2/c1-34-21-11-15(10-20(28)23(21)35-14-18-5-3-2-4-17(18)13-29)12-22-25(33)31(26(36)37-22)30-24(32)16-6-8-19(27)9-7-16/h2-12H,14H2,1H3,(H,30,32)/b22-12-. The third-order valence-corrected chi connectivity index (χ3v) is 7.01. The number of nitrogens with one attached hydrogen (secondary N) is 1. The van der Waals surface area contributed by atoms with E-state index in [1.165, 1.54) is 7.11 Å². The van der Waals surface area contributed by atoms with Gasteiger partial charge in [-0.25, -0.2) is 0 Å². The first-order valence-electron chi connectivity index (χ1n) is 10.6. The minimum atomic E-state index is -0.501. The molecule has 0 saturated carbocycles. The first-order valence-corrected chi connectivity index (χ1v) is 12.6. The van der Waals surface area contributed by atoms with Crippen molar-refractivity contribution in [1.82, 2.24) is 10.4 Å². The Bertz CT molecular complexity index is 1470. The fourth-order valence-corrected chi connectivity index (χ4v) is 4.93. The summed E-state index contributed by atoms with van der Waals surface area (Å²) < 4.78 is 11.5. The molecule has 0 atom stereocenters. The molecule has 1 aliphatic heterocycles. The Morgan fingerprint density at radius 2 is 1.92 bits per heavy atom. The number of carbonyl (C=O) groups is 2. The van der Waals surface area contributed by atoms with Crippen molar-refractivity contribution < 1.29 is 19.1 Å². The van der Waals surface area contributed by atoms with Crippen LogP contribution in [0.3, 0.4) is 0 Å². The lowest BCUT2D eigenvalue weighted by atomic mass is 10.1. The number of halogens is 2. The average molecular weight is 570 g/mol. The summed E-state index contributed by atoms with van der Waals surface area (Å²) in [5, 5.41) is 11.0. The lowest BCUT2D eigenvalue weighted by molar-refractivity contribution is -0.123. The van der Waals surface area contributed by atoms with Gasteiger partial charge in [0.05, 0.1) is 28.7 Å². The van der Waals surface area contributed by atoms with Crippen LogP contribution in [0, 0.1) is 11.3 Å². The van der Waals surface area contributed by atoms with Gasteiger partial charge in [0.1, 0.15) is 6.61 Å². The number of ether oxygens (including phenoxy) is 2. The number of hydrogen-bond donors (Lipinski definition) is 1. The lowest BCUT2D eigenvalue weighted by Crippen LogP contribution is -2.44. The van der Waals surface area contributed by atoms with Gasteiger partial charge in [0.15, 0.2) is 15.8 Å². The number of carbonyl (C=O) groups excluding carboxylic acids is 2. The number of thiocarbonyl (C=S) groups is 1. The minimum Gasteiger partial charge on any atom is -0.493 e. The maximum Gasteiger partial charge on any atom is 0.285 e. The molecule has 2 amide bonds. The molecule has 1 aliphatic rings. The highest BCUT2D eigenvalue weighted by atomic mass is 35.5. The van der Waals surface area contributed by atoms with Gasteiger partial charge in [-0.05, 0) is 66.3 Å². The second-order valence-corrected chi connectivity index (χ2v) is 10.1. The Kier molecular flexibility index (Phi) is 8.36. The lowest BCUT2D eigenvalue weighted by Gasteiger charge is -2.15. The van der Waals surface area contributed by atoms with Crippen LogP contribution in [0.25, 0.3) is 6.08 Å². The van der Waals surface area contributed by atoms with Crippen LogP contribution >= 0.6 is 47.2 Å². The van der Waals surface area contributed by atoms with Crippen molar-refractivity contribution in [3.8, 4) is 17.6 Å². The zero-order valence-electron chi connectivity index (χ0n) is 19.2. The summed E-state index contributed by atoms with van der Waals surface area (Å²) in [6.07, 6.45) is 1.59. The SMILES string of the molecule is COc1cc(/C=C2\SC(=S)N(NC(=O)c3ccc(Cl)cc3)C2=O)cc(Cl)c1OCc1ccccc1C#N. The molecule has 0 spiro atoms. The normalized spacial score (nSPS) is 14.0. The summed E-state index contributed by atoms with van der Waals surface area (Å²) >= 11 is 18.7. The van der Waals surface area contributed by atoms with Gasteiger partial charge in [-0.2, -0.15) is 10.3 Å². The van der Waals surface area contributed by atoms with Crippen molar-refractivity contribution in [3.05, 3.63) is 97.9 Å². The molecule has 0 aromatic heterocycles. The number of rotatable bonds is 7. The third-order valence-electron chi connectivity index (χ3n) is 5.17. The molecule has 1 fully saturated rings. The number of hydrazine groups is 1. The molecule has 37 heavy (non-hydrogen) atoms. The van der Waals surface area contributed by atoms with E-state index in [0.717, 1.165) is 16.8 Å². The molecule has 1 N–H and O–H groups in total. The van der Waals surface area contributed by atoms with Crippen LogP contribution in [-0.2, 0) is 11.4 Å². The molecule has 1 saturated heterocycles. The van der Waals surface area contributed by atoms with E-state index in [4.69, 9.17) is 44.9 Å². The van der Waals surface area contributed by atoms with Crippen molar-refractivity contribution in [1.29, 1.82) is 5.26 Å². The zero-order valence-corrected chi connectivity index (χ0v) is 22.3. The summed E-state index contributed by atoms with van der Waals surface area (Å²) in [5.41, 5.74) is 4.62. The summed E-state index contributed by atoms with van der Waals surface area (Å²) in [6.45, 7) is 0.116. The molecule has 0 aliphatic carbocycles. The van der Waals surface area contributed by atoms with E-state index in [9.17, 15) is 14.9 Å². The van der Waals surface area contributed by atoms with Crippen LogP contribution in [0.4, 0.5) is 0 Å². The van der Waals surface area contributed by atoms with Crippen LogP contribution < -0.4 is 14.9 Å². The van der Waals surface area contributed by atoms with Gasteiger partial charge >= 0.3 is 0 Å². The van der Waals surface area contributed by atoms with Crippen LogP contribution in [0.15, 0.2) is 65.6 Å². The predicted octanol–water partition coefficient (Wildman–Crippen LogP) is 6.00. The Balaban J connectivity index is 1.52. The second kappa shape index (κ2) is 11.7. The topological polar surface area (TPSA) is 91.7 Å². The molecule has 3 aromatic rings. The quantitative estimate of drug-likeness (QED) is 0.275. The summed E-state index contributed by atoms with van der Waals surface area (Å²) in [6, 6.07) is 18.7. The Labute approximate surface area is 232 Å². The molecular formula is C26H17Cl2N3O4S2. The van der Waals surface area contributed by atoms with Gasteiger partial charge in [0.25, 0.3) is 11.8 Å². The van der Waals surface area contributed by atoms with Crippen LogP contribution in [0.5, 0.6) is 11.5 Å². The van der Waals surface area contributed by atoms with Gasteiger partial charge in [0, 0.05) is 16.1 Å². The van der Waals surface area contributed by atoms with Gasteiger partial charge in [-0.1, -0.05) is 53.2 Å². The van der Waals surface area contributed by atoms with Gasteiger partial charge in [0.2, 0.25) is 0 Å². The highest BCUT2D eigenvalue weighted by Gasteiger charge is 2.34. The van der Waals surface area contributed by atoms with E-state index in [1.54, 1.807) is 60.7 Å². The molecule has 11 heteroatoms. The first kappa shape index (κ1) is 26.5. The highest BCUT2D eigenvalue weighted by molar-refractivity contribution is 8.26. The van der Waals surface area contributed by atoms with E-state index < -0.39 is 11.8 Å². The summed E-state index contributed by atoms with van der Waals surface area (Å²) in [7, 11) is 1.47. The number of benzene rings is 3. The molecular weight excluding hydrogens is 553 g/mol. The monoisotopic (exact) mass is 569 g/mol. The van der Waals surface area contributed by atoms with Crippen molar-refractivity contribution >= 4 is 69.4 Å². The molecule has 3 aromatic carbocycles. The van der Waals surface area contributed by atoms with E-state index in [2.05, 4.69) is 11.5 Å². The summed E-state index contributed by atoms with van der Waals surface area (Å²) in [5.74, 6) is -0.337. The van der Waals surface area contributed by atoms with E-state index in [-0.39, 0.29) is 20.9 Å². The maximum absolute atomic E-state index is 13.0. The fourth-order valence-electron chi connectivity index (χ4n) is 3.35. The van der Waals surface area contributed by atoms with Gasteiger partial charge in [-0.3, -0.25) is 15.0 Å². The molecule has 0 bridgehead atoms. The van der Waals surface area contributed by atoms with Gasteiger partial charge in [-0.15, -0.1) is 0 Å². The van der Waals surface area contributed by atoms with Crippen molar-refractivity contribution in [2.75, 3.05) is 7.11 Å². The number of amides is 2. The van der Waals surface area contributed by atoms with Crippen LogP contribution in [-0.4, -0.2) is 28.3 Å². The van der Waals surface area contributed by atoms with Crippen LogP contribution in [0.1, 0.15) is 27.0 Å².